The van der Waals surface area contributed by atoms with Crippen LogP contribution in [0.2, 0.25) is 0 Å². The first kappa shape index (κ1) is 17.1. The Morgan fingerprint density at radius 1 is 1.29 bits per heavy atom. The average Bonchev–Trinajstić information content (AvgIpc) is 3.09. The molecule has 130 valence electrons. The summed E-state index contributed by atoms with van der Waals surface area (Å²) >= 11 is 0. The Labute approximate surface area is 143 Å². The first-order chi connectivity index (χ1) is 11.5. The van der Waals surface area contributed by atoms with Crippen molar-refractivity contribution in [2.24, 2.45) is 5.92 Å². The van der Waals surface area contributed by atoms with Crippen LogP contribution < -0.4 is 0 Å². The second-order valence-corrected chi connectivity index (χ2v) is 8.75. The van der Waals surface area contributed by atoms with Crippen LogP contribution in [0.25, 0.3) is 0 Å². The molecule has 1 unspecified atom stereocenters. The van der Waals surface area contributed by atoms with Crippen molar-refractivity contribution in [3.8, 4) is 0 Å². The Balaban J connectivity index is 1.77. The molecule has 2 aromatic rings. The van der Waals surface area contributed by atoms with Crippen LogP contribution in [0, 0.1) is 5.92 Å². The second kappa shape index (κ2) is 7.03. The lowest BCUT2D eigenvalue weighted by Crippen LogP contribution is -2.39. The minimum atomic E-state index is -3.46. The number of nitrogens with one attached hydrogen (secondary N) is 1. The molecule has 1 atom stereocenters. The fourth-order valence-corrected chi connectivity index (χ4v) is 4.74. The first-order valence-corrected chi connectivity index (χ1v) is 9.85. The van der Waals surface area contributed by atoms with Gasteiger partial charge in [-0.15, -0.1) is 0 Å². The summed E-state index contributed by atoms with van der Waals surface area (Å²) < 4.78 is 27.4. The van der Waals surface area contributed by atoms with Gasteiger partial charge in [0.05, 0.1) is 4.90 Å². The van der Waals surface area contributed by atoms with E-state index < -0.39 is 10.0 Å². The van der Waals surface area contributed by atoms with Gasteiger partial charge in [-0.25, -0.2) is 13.4 Å². The molecule has 1 N–H and O–H groups in total. The number of nitrogens with zero attached hydrogens (tertiary/aromatic N) is 3. The van der Waals surface area contributed by atoms with Gasteiger partial charge in [-0.05, 0) is 42.9 Å². The summed E-state index contributed by atoms with van der Waals surface area (Å²) in [6.45, 7) is 5.32. The minimum Gasteiger partial charge on any atom is -0.263 e. The Kier molecular flexibility index (Phi) is 5.01. The lowest BCUT2D eigenvalue weighted by Gasteiger charge is -2.30. The van der Waals surface area contributed by atoms with E-state index >= 15 is 0 Å². The number of sulfonamides is 1. The number of hydrogen-bond acceptors (Lipinski definition) is 4. The van der Waals surface area contributed by atoms with Crippen molar-refractivity contribution in [1.82, 2.24) is 19.5 Å². The van der Waals surface area contributed by atoms with Crippen molar-refractivity contribution in [3.63, 3.8) is 0 Å². The molecule has 1 aromatic carbocycles. The number of rotatable bonds is 5. The molecule has 0 bridgehead atoms. The molecule has 0 aliphatic carbocycles. The summed E-state index contributed by atoms with van der Waals surface area (Å²) in [7, 11) is -3.46. The van der Waals surface area contributed by atoms with Crippen LogP contribution in [0.1, 0.15) is 44.0 Å². The van der Waals surface area contributed by atoms with Crippen molar-refractivity contribution in [2.75, 3.05) is 13.1 Å². The summed E-state index contributed by atoms with van der Waals surface area (Å²) in [5, 5.41) is 6.73. The highest BCUT2D eigenvalue weighted by Gasteiger charge is 2.31. The van der Waals surface area contributed by atoms with Crippen LogP contribution in [-0.4, -0.2) is 41.0 Å². The molecule has 3 rings (SSSR count). The molecule has 0 radical (unpaired) electrons. The number of hydrogen-bond donors (Lipinski definition) is 1. The van der Waals surface area contributed by atoms with Crippen molar-refractivity contribution >= 4 is 10.0 Å². The molecular weight excluding hydrogens is 324 g/mol. The van der Waals surface area contributed by atoms with Crippen LogP contribution in [-0.2, 0) is 16.4 Å². The van der Waals surface area contributed by atoms with E-state index in [1.165, 1.54) is 11.9 Å². The Morgan fingerprint density at radius 2 is 2.04 bits per heavy atom. The fraction of sp³-hybridized carbons (Fsp3) is 0.529. The van der Waals surface area contributed by atoms with Gasteiger partial charge in [-0.2, -0.15) is 9.40 Å². The van der Waals surface area contributed by atoms with E-state index in [4.69, 9.17) is 0 Å². The molecule has 1 fully saturated rings. The maximum Gasteiger partial charge on any atom is 0.243 e. The van der Waals surface area contributed by atoms with Crippen LogP contribution >= 0.6 is 0 Å². The molecule has 1 saturated heterocycles. The third-order valence-electron chi connectivity index (χ3n) is 4.41. The number of H-pyrrole nitrogens is 1. The summed E-state index contributed by atoms with van der Waals surface area (Å²) in [6.07, 6.45) is 4.18. The Bertz CT molecular complexity index is 754. The predicted octanol–water partition coefficient (Wildman–Crippen LogP) is 2.57. The van der Waals surface area contributed by atoms with Crippen molar-refractivity contribution in [1.29, 1.82) is 0 Å². The molecule has 1 aliphatic rings. The third-order valence-corrected chi connectivity index (χ3v) is 6.29. The highest BCUT2D eigenvalue weighted by Crippen LogP contribution is 2.28. The predicted molar refractivity (Wildman–Crippen MR) is 92.1 cm³/mol. The molecule has 2 heterocycles. The molecule has 1 aliphatic heterocycles. The Hall–Kier alpha value is -1.73. The van der Waals surface area contributed by atoms with Gasteiger partial charge in [0.15, 0.2) is 0 Å². The maximum atomic E-state index is 12.9. The average molecular weight is 348 g/mol. The van der Waals surface area contributed by atoms with Crippen LogP contribution in [0.5, 0.6) is 0 Å². The van der Waals surface area contributed by atoms with Gasteiger partial charge in [0.1, 0.15) is 12.2 Å². The van der Waals surface area contributed by atoms with E-state index in [-0.39, 0.29) is 5.92 Å². The molecule has 0 saturated carbocycles. The highest BCUT2D eigenvalue weighted by molar-refractivity contribution is 7.89. The first-order valence-electron chi connectivity index (χ1n) is 8.41. The van der Waals surface area contributed by atoms with E-state index in [0.29, 0.717) is 23.9 Å². The zero-order valence-electron chi connectivity index (χ0n) is 14.1. The van der Waals surface area contributed by atoms with Crippen molar-refractivity contribution in [3.05, 3.63) is 42.0 Å². The van der Waals surface area contributed by atoms with Crippen LogP contribution in [0.4, 0.5) is 0 Å². The number of piperidine rings is 1. The smallest absolute Gasteiger partial charge is 0.243 e. The number of aromatic nitrogens is 3. The lowest BCUT2D eigenvalue weighted by atomic mass is 9.99. The van der Waals surface area contributed by atoms with Gasteiger partial charge in [0.2, 0.25) is 10.0 Å². The maximum absolute atomic E-state index is 12.9. The van der Waals surface area contributed by atoms with E-state index in [2.05, 4.69) is 29.0 Å². The monoisotopic (exact) mass is 348 g/mol. The largest absolute Gasteiger partial charge is 0.263 e. The van der Waals surface area contributed by atoms with Gasteiger partial charge in [0, 0.05) is 19.0 Å². The van der Waals surface area contributed by atoms with Gasteiger partial charge in [-0.3, -0.25) is 5.10 Å². The fourth-order valence-electron chi connectivity index (χ4n) is 3.21. The highest BCUT2D eigenvalue weighted by atomic mass is 32.2. The van der Waals surface area contributed by atoms with Crippen LogP contribution in [0.3, 0.4) is 0 Å². The molecule has 0 amide bonds. The van der Waals surface area contributed by atoms with Gasteiger partial charge >= 0.3 is 0 Å². The zero-order valence-corrected chi connectivity index (χ0v) is 15.0. The molecule has 6 nitrogen and oxygen atoms in total. The molecule has 1 aromatic heterocycles. The summed E-state index contributed by atoms with van der Waals surface area (Å²) in [6, 6.07) is 7.30. The van der Waals surface area contributed by atoms with Gasteiger partial charge in [0.25, 0.3) is 0 Å². The van der Waals surface area contributed by atoms with Crippen LogP contribution in [0.15, 0.2) is 35.5 Å². The number of benzene rings is 1. The standard InChI is InChI=1S/C17H24N4O2S/c1-13(2)10-14-5-7-16(8-6-14)24(22,23)21-9-3-4-15(11-21)17-18-12-19-20-17/h5-8,12-13,15H,3-4,9-11H2,1-2H3,(H,18,19,20). The minimum absolute atomic E-state index is 0.0799. The zero-order chi connectivity index (χ0) is 17.2. The molecule has 24 heavy (non-hydrogen) atoms. The lowest BCUT2D eigenvalue weighted by molar-refractivity contribution is 0.309. The second-order valence-electron chi connectivity index (χ2n) is 6.81. The van der Waals surface area contributed by atoms with Gasteiger partial charge < -0.3 is 0 Å². The van der Waals surface area contributed by atoms with Crippen molar-refractivity contribution in [2.45, 2.75) is 43.9 Å². The SMILES string of the molecule is CC(C)Cc1ccc(S(=O)(=O)N2CCCC(c3ncn[nH]3)C2)cc1. The summed E-state index contributed by atoms with van der Waals surface area (Å²) in [4.78, 5) is 4.55. The van der Waals surface area contributed by atoms with E-state index in [1.54, 1.807) is 16.4 Å². The normalized spacial score (nSPS) is 19.7. The van der Waals surface area contributed by atoms with Crippen molar-refractivity contribution < 1.29 is 8.42 Å². The quantitative estimate of drug-likeness (QED) is 0.901. The topological polar surface area (TPSA) is 79.0 Å². The Morgan fingerprint density at radius 3 is 2.67 bits per heavy atom. The van der Waals surface area contributed by atoms with E-state index in [1.807, 2.05) is 12.1 Å². The molecule has 7 heteroatoms. The van der Waals surface area contributed by atoms with Gasteiger partial charge in [-0.1, -0.05) is 26.0 Å². The molecular formula is C17H24N4O2S. The van der Waals surface area contributed by atoms with E-state index in [0.717, 1.165) is 25.1 Å². The summed E-state index contributed by atoms with van der Waals surface area (Å²) in [5.74, 6) is 1.40. The third kappa shape index (κ3) is 3.67. The molecule has 0 spiro atoms. The summed E-state index contributed by atoms with van der Waals surface area (Å²) in [5.41, 5.74) is 1.17. The van der Waals surface area contributed by atoms with E-state index in [9.17, 15) is 8.42 Å². The number of aromatic amines is 1.